The summed E-state index contributed by atoms with van der Waals surface area (Å²) in [6.45, 7) is 6.19. The molecule has 0 amide bonds. The van der Waals surface area contributed by atoms with Crippen molar-refractivity contribution in [3.8, 4) is 11.5 Å². The molecule has 94 valence electrons. The van der Waals surface area contributed by atoms with E-state index in [9.17, 15) is 5.11 Å². The standard InChI is InChI=1S/C14H20O3/c1-5-17-13-7-6-12(9-14(13)16-4)8-10(2)11(3)15/h6-9,11,15H,5H2,1-4H3/b10-8-. The fraction of sp³-hybridized carbons (Fsp3) is 0.429. The van der Waals surface area contributed by atoms with Crippen LogP contribution in [0.1, 0.15) is 26.3 Å². The monoisotopic (exact) mass is 236 g/mol. The highest BCUT2D eigenvalue weighted by Crippen LogP contribution is 2.29. The van der Waals surface area contributed by atoms with Gasteiger partial charge in [0.15, 0.2) is 11.5 Å². The van der Waals surface area contributed by atoms with Crippen LogP contribution in [0.3, 0.4) is 0 Å². The summed E-state index contributed by atoms with van der Waals surface area (Å²) < 4.78 is 10.7. The zero-order valence-electron chi connectivity index (χ0n) is 10.9. The molecule has 1 rings (SSSR count). The van der Waals surface area contributed by atoms with Gasteiger partial charge in [-0.15, -0.1) is 0 Å². The minimum atomic E-state index is -0.437. The van der Waals surface area contributed by atoms with E-state index < -0.39 is 6.10 Å². The molecule has 0 aliphatic rings. The van der Waals surface area contributed by atoms with Crippen molar-refractivity contribution in [1.29, 1.82) is 0 Å². The second-order valence-electron chi connectivity index (χ2n) is 3.91. The molecule has 0 saturated heterocycles. The number of ether oxygens (including phenoxy) is 2. The second-order valence-corrected chi connectivity index (χ2v) is 3.91. The van der Waals surface area contributed by atoms with Gasteiger partial charge in [-0.1, -0.05) is 12.1 Å². The lowest BCUT2D eigenvalue weighted by Crippen LogP contribution is -2.00. The summed E-state index contributed by atoms with van der Waals surface area (Å²) in [6.07, 6.45) is 1.50. The van der Waals surface area contributed by atoms with Gasteiger partial charge in [-0.05, 0) is 44.0 Å². The molecule has 0 bridgehead atoms. The first kappa shape index (κ1) is 13.6. The van der Waals surface area contributed by atoms with Crippen LogP contribution in [0.5, 0.6) is 11.5 Å². The molecule has 1 N–H and O–H groups in total. The van der Waals surface area contributed by atoms with Crippen molar-refractivity contribution < 1.29 is 14.6 Å². The molecule has 17 heavy (non-hydrogen) atoms. The van der Waals surface area contributed by atoms with Gasteiger partial charge in [-0.3, -0.25) is 0 Å². The van der Waals surface area contributed by atoms with Gasteiger partial charge in [0.05, 0.1) is 19.8 Å². The Labute approximate surface area is 103 Å². The van der Waals surface area contributed by atoms with Crippen LogP contribution in [0.25, 0.3) is 6.08 Å². The number of methoxy groups -OCH3 is 1. The number of hydrogen-bond donors (Lipinski definition) is 1. The molecule has 3 nitrogen and oxygen atoms in total. The van der Waals surface area contributed by atoms with E-state index in [-0.39, 0.29) is 0 Å². The predicted molar refractivity (Wildman–Crippen MR) is 69.5 cm³/mol. The Morgan fingerprint density at radius 2 is 2.12 bits per heavy atom. The molecule has 0 aliphatic carbocycles. The molecule has 1 aromatic carbocycles. The van der Waals surface area contributed by atoms with E-state index in [0.717, 1.165) is 16.9 Å². The summed E-state index contributed by atoms with van der Waals surface area (Å²) in [5, 5.41) is 9.42. The smallest absolute Gasteiger partial charge is 0.161 e. The van der Waals surface area contributed by atoms with Crippen LogP contribution >= 0.6 is 0 Å². The van der Waals surface area contributed by atoms with E-state index in [1.807, 2.05) is 38.1 Å². The quantitative estimate of drug-likeness (QED) is 0.854. The van der Waals surface area contributed by atoms with Gasteiger partial charge in [0.2, 0.25) is 0 Å². The summed E-state index contributed by atoms with van der Waals surface area (Å²) in [4.78, 5) is 0. The maximum atomic E-state index is 9.42. The number of aliphatic hydroxyl groups is 1. The number of benzene rings is 1. The third-order valence-corrected chi connectivity index (χ3v) is 2.54. The fourth-order valence-corrected chi connectivity index (χ4v) is 1.43. The van der Waals surface area contributed by atoms with Crippen molar-refractivity contribution in [3.05, 3.63) is 29.3 Å². The highest BCUT2D eigenvalue weighted by atomic mass is 16.5. The van der Waals surface area contributed by atoms with Crippen LogP contribution in [-0.4, -0.2) is 24.9 Å². The Bertz CT molecular complexity index is 394. The van der Waals surface area contributed by atoms with Crippen molar-refractivity contribution in [2.24, 2.45) is 0 Å². The van der Waals surface area contributed by atoms with E-state index in [4.69, 9.17) is 9.47 Å². The molecule has 3 heteroatoms. The zero-order valence-corrected chi connectivity index (χ0v) is 10.9. The molecule has 0 aromatic heterocycles. The van der Waals surface area contributed by atoms with Crippen LogP contribution in [0, 0.1) is 0 Å². The van der Waals surface area contributed by atoms with Gasteiger partial charge in [0, 0.05) is 0 Å². The number of rotatable bonds is 5. The Morgan fingerprint density at radius 1 is 1.41 bits per heavy atom. The highest BCUT2D eigenvalue weighted by Gasteiger charge is 2.05. The largest absolute Gasteiger partial charge is 0.493 e. The third kappa shape index (κ3) is 3.79. The van der Waals surface area contributed by atoms with Gasteiger partial charge >= 0.3 is 0 Å². The first-order chi connectivity index (χ1) is 8.08. The summed E-state index contributed by atoms with van der Waals surface area (Å²) >= 11 is 0. The lowest BCUT2D eigenvalue weighted by atomic mass is 10.1. The van der Waals surface area contributed by atoms with Gasteiger partial charge in [0.1, 0.15) is 0 Å². The summed E-state index contributed by atoms with van der Waals surface area (Å²) in [7, 11) is 1.62. The SMILES string of the molecule is CCOc1ccc(/C=C(/C)C(C)O)cc1OC. The predicted octanol–water partition coefficient (Wildman–Crippen LogP) is 2.88. The second kappa shape index (κ2) is 6.30. The zero-order chi connectivity index (χ0) is 12.8. The molecule has 0 heterocycles. The van der Waals surface area contributed by atoms with Crippen molar-refractivity contribution >= 4 is 6.08 Å². The van der Waals surface area contributed by atoms with Crippen molar-refractivity contribution in [3.63, 3.8) is 0 Å². The van der Waals surface area contributed by atoms with Crippen molar-refractivity contribution in [2.75, 3.05) is 13.7 Å². The topological polar surface area (TPSA) is 38.7 Å². The average molecular weight is 236 g/mol. The Morgan fingerprint density at radius 3 is 2.65 bits per heavy atom. The van der Waals surface area contributed by atoms with E-state index >= 15 is 0 Å². The lowest BCUT2D eigenvalue weighted by Gasteiger charge is -2.10. The molecule has 1 unspecified atom stereocenters. The van der Waals surface area contributed by atoms with Crippen LogP contribution in [0.15, 0.2) is 23.8 Å². The van der Waals surface area contributed by atoms with Gasteiger partial charge in [0.25, 0.3) is 0 Å². The Kier molecular flexibility index (Phi) is 5.04. The molecule has 0 saturated carbocycles. The molecule has 0 spiro atoms. The Balaban J connectivity index is 3.01. The van der Waals surface area contributed by atoms with Crippen LogP contribution in [0.2, 0.25) is 0 Å². The van der Waals surface area contributed by atoms with E-state index in [0.29, 0.717) is 12.4 Å². The molecule has 0 aliphatic heterocycles. The molecule has 1 atom stereocenters. The van der Waals surface area contributed by atoms with Gasteiger partial charge < -0.3 is 14.6 Å². The minimum Gasteiger partial charge on any atom is -0.493 e. The number of hydrogen-bond acceptors (Lipinski definition) is 3. The lowest BCUT2D eigenvalue weighted by molar-refractivity contribution is 0.232. The van der Waals surface area contributed by atoms with E-state index in [2.05, 4.69) is 0 Å². The third-order valence-electron chi connectivity index (χ3n) is 2.54. The van der Waals surface area contributed by atoms with Crippen LogP contribution < -0.4 is 9.47 Å². The molecular weight excluding hydrogens is 216 g/mol. The van der Waals surface area contributed by atoms with Crippen LogP contribution in [0.4, 0.5) is 0 Å². The van der Waals surface area contributed by atoms with Gasteiger partial charge in [-0.25, -0.2) is 0 Å². The summed E-state index contributed by atoms with van der Waals surface area (Å²) in [5.74, 6) is 1.45. The van der Waals surface area contributed by atoms with Crippen LogP contribution in [-0.2, 0) is 0 Å². The van der Waals surface area contributed by atoms with E-state index in [1.165, 1.54) is 0 Å². The molecule has 0 fully saturated rings. The maximum Gasteiger partial charge on any atom is 0.161 e. The van der Waals surface area contributed by atoms with Crippen molar-refractivity contribution in [1.82, 2.24) is 0 Å². The summed E-state index contributed by atoms with van der Waals surface area (Å²) in [5.41, 5.74) is 1.90. The molecular formula is C14H20O3. The van der Waals surface area contributed by atoms with E-state index in [1.54, 1.807) is 14.0 Å². The van der Waals surface area contributed by atoms with Crippen molar-refractivity contribution in [2.45, 2.75) is 26.9 Å². The molecule has 0 radical (unpaired) electrons. The first-order valence-corrected chi connectivity index (χ1v) is 5.75. The molecule has 1 aromatic rings. The van der Waals surface area contributed by atoms with Gasteiger partial charge in [-0.2, -0.15) is 0 Å². The first-order valence-electron chi connectivity index (χ1n) is 5.75. The highest BCUT2D eigenvalue weighted by molar-refractivity contribution is 5.58. The summed E-state index contributed by atoms with van der Waals surface area (Å²) in [6, 6.07) is 5.72. The number of aliphatic hydroxyl groups excluding tert-OH is 1. The fourth-order valence-electron chi connectivity index (χ4n) is 1.43. The normalized spacial score (nSPS) is 13.4. The minimum absolute atomic E-state index is 0.437. The average Bonchev–Trinajstić information content (AvgIpc) is 2.31. The Hall–Kier alpha value is -1.48. The maximum absolute atomic E-state index is 9.42.